The molecule has 0 aliphatic carbocycles. The summed E-state index contributed by atoms with van der Waals surface area (Å²) in [5.41, 5.74) is 10.9. The quantitative estimate of drug-likeness (QED) is 0.261. The van der Waals surface area contributed by atoms with Crippen molar-refractivity contribution in [1.29, 1.82) is 5.26 Å². The molecule has 0 aliphatic heterocycles. The molecular formula is C25H28N7O-. The number of aliphatic imine (C=N–C) groups is 1. The predicted molar refractivity (Wildman–Crippen MR) is 129 cm³/mol. The minimum atomic E-state index is -0.702. The first kappa shape index (κ1) is 23.6. The zero-order valence-corrected chi connectivity index (χ0v) is 19.5. The van der Waals surface area contributed by atoms with Gasteiger partial charge in [0.25, 0.3) is 0 Å². The van der Waals surface area contributed by atoms with Crippen LogP contribution in [-0.4, -0.2) is 15.7 Å². The van der Waals surface area contributed by atoms with Gasteiger partial charge in [-0.05, 0) is 68.5 Å². The summed E-state index contributed by atoms with van der Waals surface area (Å²) in [6.45, 7) is 7.45. The van der Waals surface area contributed by atoms with E-state index in [2.05, 4.69) is 16.2 Å². The van der Waals surface area contributed by atoms with Crippen LogP contribution in [0.5, 0.6) is 0 Å². The van der Waals surface area contributed by atoms with Crippen molar-refractivity contribution in [1.82, 2.24) is 9.78 Å². The van der Waals surface area contributed by atoms with Crippen molar-refractivity contribution in [3.05, 3.63) is 82.8 Å². The monoisotopic (exact) mass is 442 g/mol. The van der Waals surface area contributed by atoms with E-state index in [1.165, 1.54) is 5.01 Å². The van der Waals surface area contributed by atoms with Gasteiger partial charge in [0.05, 0.1) is 34.8 Å². The molecule has 8 heteroatoms. The number of nitrogens with two attached hydrogens (primary N) is 2. The number of nitrogens with zero attached hydrogens (tertiary/aromatic N) is 5. The molecule has 3 aromatic rings. The van der Waals surface area contributed by atoms with Gasteiger partial charge in [-0.1, -0.05) is 24.3 Å². The Morgan fingerprint density at radius 2 is 1.97 bits per heavy atom. The number of nitriles is 1. The lowest BCUT2D eigenvalue weighted by atomic mass is 9.85. The highest BCUT2D eigenvalue weighted by Crippen LogP contribution is 2.27. The second kappa shape index (κ2) is 9.18. The van der Waals surface area contributed by atoms with Gasteiger partial charge in [-0.2, -0.15) is 10.4 Å². The Labute approximate surface area is 194 Å². The highest BCUT2D eigenvalue weighted by atomic mass is 16.3. The number of hydrogen-bond donors (Lipinski definition) is 2. The first-order valence-electron chi connectivity index (χ1n) is 10.4. The molecule has 170 valence electrons. The van der Waals surface area contributed by atoms with Gasteiger partial charge in [0.15, 0.2) is 0 Å². The van der Waals surface area contributed by atoms with E-state index in [9.17, 15) is 10.4 Å². The van der Waals surface area contributed by atoms with Gasteiger partial charge in [0.2, 0.25) is 0 Å². The normalized spacial score (nSPS) is 12.5. The van der Waals surface area contributed by atoms with E-state index in [1.807, 2.05) is 46.9 Å². The standard InChI is InChI=1S/C25H29N7O/c1-16-9-10-20(30-24(33)18-7-6-8-19(11-18)25(3,4)15-26)12-23(16)32(28)14-22(27)21-13-29-31(5)17(21)2/h6-14H,27-28H2,1-5H3,(H,30,33)/p-1/b22-14-. The Morgan fingerprint density at radius 3 is 2.61 bits per heavy atom. The zero-order chi connectivity index (χ0) is 24.3. The second-order valence-corrected chi connectivity index (χ2v) is 8.46. The smallest absolute Gasteiger partial charge is 0.0766 e. The molecule has 0 amide bonds. The molecule has 0 aliphatic rings. The fourth-order valence-electron chi connectivity index (χ4n) is 3.30. The summed E-state index contributed by atoms with van der Waals surface area (Å²) in [5, 5.41) is 27.8. The van der Waals surface area contributed by atoms with Gasteiger partial charge < -0.3 is 10.8 Å². The van der Waals surface area contributed by atoms with Gasteiger partial charge in [0, 0.05) is 24.5 Å². The molecule has 1 heterocycles. The van der Waals surface area contributed by atoms with E-state index >= 15 is 0 Å². The third-order valence-corrected chi connectivity index (χ3v) is 5.64. The number of anilines is 1. The lowest BCUT2D eigenvalue weighted by Gasteiger charge is -2.20. The van der Waals surface area contributed by atoms with E-state index in [1.54, 1.807) is 47.4 Å². The number of hydrazine groups is 1. The van der Waals surface area contributed by atoms with Crippen LogP contribution in [0.4, 0.5) is 11.4 Å². The van der Waals surface area contributed by atoms with E-state index < -0.39 is 11.3 Å². The van der Waals surface area contributed by atoms with Crippen LogP contribution in [0.2, 0.25) is 0 Å². The highest BCUT2D eigenvalue weighted by molar-refractivity contribution is 5.93. The van der Waals surface area contributed by atoms with Crippen LogP contribution in [-0.2, 0) is 12.5 Å². The Morgan fingerprint density at radius 1 is 1.24 bits per heavy atom. The maximum atomic E-state index is 12.8. The van der Waals surface area contributed by atoms with Gasteiger partial charge in [-0.25, -0.2) is 5.84 Å². The molecular weight excluding hydrogens is 414 g/mol. The average Bonchev–Trinajstić information content (AvgIpc) is 3.13. The fourth-order valence-corrected chi connectivity index (χ4v) is 3.30. The van der Waals surface area contributed by atoms with Crippen molar-refractivity contribution in [2.24, 2.45) is 23.6 Å². The molecule has 4 N–H and O–H groups in total. The molecule has 0 saturated carbocycles. The van der Waals surface area contributed by atoms with Crippen molar-refractivity contribution >= 4 is 23.0 Å². The van der Waals surface area contributed by atoms with Crippen molar-refractivity contribution in [3.8, 4) is 6.07 Å². The number of rotatable bonds is 6. The molecule has 0 unspecified atom stereocenters. The third kappa shape index (κ3) is 5.05. The summed E-state index contributed by atoms with van der Waals surface area (Å²) in [4.78, 5) is 4.25. The summed E-state index contributed by atoms with van der Waals surface area (Å²) in [7, 11) is 1.84. The summed E-state index contributed by atoms with van der Waals surface area (Å²) < 4.78 is 1.74. The van der Waals surface area contributed by atoms with E-state index in [-0.39, 0.29) is 0 Å². The summed E-state index contributed by atoms with van der Waals surface area (Å²) in [6.07, 6.45) is 3.30. The Kier molecular flexibility index (Phi) is 6.56. The molecule has 0 bridgehead atoms. The molecule has 1 aromatic heterocycles. The van der Waals surface area contributed by atoms with Crippen LogP contribution in [0.25, 0.3) is 5.70 Å². The molecule has 0 spiro atoms. The van der Waals surface area contributed by atoms with Gasteiger partial charge in [-0.3, -0.25) is 14.7 Å². The van der Waals surface area contributed by atoms with Gasteiger partial charge >= 0.3 is 0 Å². The SMILES string of the molecule is Cc1ccc(N=C([O-])c2cccc(C(C)(C)C#N)c2)cc1N(N)/C=C(\N)c1cnn(C)c1C. The molecule has 0 saturated heterocycles. The third-order valence-electron chi connectivity index (χ3n) is 5.64. The average molecular weight is 443 g/mol. The van der Waals surface area contributed by atoms with E-state index in [0.29, 0.717) is 22.6 Å². The van der Waals surface area contributed by atoms with Crippen molar-refractivity contribution in [3.63, 3.8) is 0 Å². The molecule has 3 rings (SSSR count). The lowest BCUT2D eigenvalue weighted by molar-refractivity contribution is -0.212. The Balaban J connectivity index is 1.92. The van der Waals surface area contributed by atoms with E-state index in [0.717, 1.165) is 22.4 Å². The maximum Gasteiger partial charge on any atom is 0.0766 e. The number of hydrogen-bond acceptors (Lipinski definition) is 7. The zero-order valence-electron chi connectivity index (χ0n) is 19.5. The van der Waals surface area contributed by atoms with Crippen molar-refractivity contribution < 1.29 is 5.11 Å². The summed E-state index contributed by atoms with van der Waals surface area (Å²) in [6, 6.07) is 14.6. The largest absolute Gasteiger partial charge is 0.858 e. The number of aryl methyl sites for hydroxylation is 2. The molecule has 0 atom stereocenters. The molecule has 8 nitrogen and oxygen atoms in total. The first-order chi connectivity index (χ1) is 15.5. The van der Waals surface area contributed by atoms with Gasteiger partial charge in [0.1, 0.15) is 0 Å². The van der Waals surface area contributed by atoms with Crippen LogP contribution in [0, 0.1) is 25.2 Å². The molecule has 33 heavy (non-hydrogen) atoms. The number of benzene rings is 2. The highest BCUT2D eigenvalue weighted by Gasteiger charge is 2.19. The molecule has 2 aromatic carbocycles. The minimum absolute atomic E-state index is 0.398. The van der Waals surface area contributed by atoms with E-state index in [4.69, 9.17) is 11.6 Å². The Bertz CT molecular complexity index is 1280. The van der Waals surface area contributed by atoms with Crippen LogP contribution in [0.1, 0.15) is 41.8 Å². The fraction of sp³-hybridized carbons (Fsp3) is 0.240. The summed E-state index contributed by atoms with van der Waals surface area (Å²) >= 11 is 0. The van der Waals surface area contributed by atoms with Crippen molar-refractivity contribution in [2.45, 2.75) is 33.1 Å². The summed E-state index contributed by atoms with van der Waals surface area (Å²) in [5.74, 6) is 5.88. The molecule has 0 fully saturated rings. The maximum absolute atomic E-state index is 12.8. The predicted octanol–water partition coefficient (Wildman–Crippen LogP) is 2.91. The van der Waals surface area contributed by atoms with Crippen LogP contribution in [0.15, 0.2) is 59.9 Å². The molecule has 0 radical (unpaired) electrons. The van der Waals surface area contributed by atoms with Gasteiger partial charge in [-0.15, -0.1) is 0 Å². The lowest BCUT2D eigenvalue weighted by Crippen LogP contribution is -2.26. The minimum Gasteiger partial charge on any atom is -0.858 e. The van der Waals surface area contributed by atoms with Crippen LogP contribution < -0.4 is 21.7 Å². The van der Waals surface area contributed by atoms with Crippen LogP contribution in [0.3, 0.4) is 0 Å². The number of aromatic nitrogens is 2. The van der Waals surface area contributed by atoms with Crippen LogP contribution >= 0.6 is 0 Å². The van der Waals surface area contributed by atoms with Crippen molar-refractivity contribution in [2.75, 3.05) is 5.01 Å². The topological polar surface area (TPSA) is 132 Å². The first-order valence-corrected chi connectivity index (χ1v) is 10.4. The second-order valence-electron chi connectivity index (χ2n) is 8.46. The Hall–Kier alpha value is -4.09.